The van der Waals surface area contributed by atoms with Gasteiger partial charge in [-0.3, -0.25) is 10.1 Å². The average molecular weight is 547 g/mol. The Hall–Kier alpha value is -3.62. The zero-order valence-electron chi connectivity index (χ0n) is 20.2. The number of carbonyl (C=O) groups excluding carboxylic acids is 1. The monoisotopic (exact) mass is 546 g/mol. The van der Waals surface area contributed by atoms with Crippen LogP contribution in [0.15, 0.2) is 29.2 Å². The highest BCUT2D eigenvalue weighted by Crippen LogP contribution is 2.28. The number of rotatable bonds is 8. The second-order valence-corrected chi connectivity index (χ2v) is 11.5. The lowest BCUT2D eigenvalue weighted by molar-refractivity contribution is -0.134. The number of aryl methyl sites for hydroxylation is 1. The number of aliphatic hydroxyl groups excluding tert-OH is 1. The van der Waals surface area contributed by atoms with Crippen LogP contribution in [0, 0.1) is 6.92 Å². The number of aromatic carboxylic acids is 1. The molecule has 0 atom stereocenters. The van der Waals surface area contributed by atoms with Gasteiger partial charge in [0.15, 0.2) is 15.0 Å². The first-order chi connectivity index (χ1) is 17.5. The van der Waals surface area contributed by atoms with Crippen molar-refractivity contribution >= 4 is 49.9 Å². The summed E-state index contributed by atoms with van der Waals surface area (Å²) in [7, 11) is -3.30. The number of carboxylic acids is 1. The first kappa shape index (κ1) is 26.4. The smallest absolute Gasteiger partial charge is 0.347 e. The van der Waals surface area contributed by atoms with E-state index >= 15 is 0 Å². The summed E-state index contributed by atoms with van der Waals surface area (Å²) in [5, 5.41) is 25.2. The predicted octanol–water partition coefficient (Wildman–Crippen LogP) is 1.62. The van der Waals surface area contributed by atoms with Gasteiger partial charge in [-0.2, -0.15) is 4.98 Å². The Morgan fingerprint density at radius 2 is 1.81 bits per heavy atom. The van der Waals surface area contributed by atoms with Crippen molar-refractivity contribution in [1.29, 1.82) is 0 Å². The molecule has 0 fully saturated rings. The molecule has 0 aliphatic carbocycles. The van der Waals surface area contributed by atoms with E-state index in [9.17, 15) is 28.2 Å². The SMILES string of the molecule is Cc1nc(Nc2nc3c(c(NCc4ccc(S(C)(=O)=O)cc4)n2)CCN(C(=O)CO)CC3)sc1C(=O)O. The van der Waals surface area contributed by atoms with Crippen molar-refractivity contribution in [2.75, 3.05) is 36.6 Å². The van der Waals surface area contributed by atoms with Crippen LogP contribution < -0.4 is 10.6 Å². The molecule has 37 heavy (non-hydrogen) atoms. The van der Waals surface area contributed by atoms with Gasteiger partial charge in [0.1, 0.15) is 17.3 Å². The van der Waals surface area contributed by atoms with Crippen LogP contribution in [0.3, 0.4) is 0 Å². The third kappa shape index (κ3) is 6.21. The number of benzene rings is 1. The molecule has 1 aromatic carbocycles. The Kier molecular flexibility index (Phi) is 7.71. The molecule has 0 bridgehead atoms. The van der Waals surface area contributed by atoms with E-state index in [0.29, 0.717) is 54.8 Å². The Morgan fingerprint density at radius 3 is 2.43 bits per heavy atom. The molecule has 0 spiro atoms. The highest BCUT2D eigenvalue weighted by atomic mass is 32.2. The highest BCUT2D eigenvalue weighted by molar-refractivity contribution is 7.90. The minimum absolute atomic E-state index is 0.117. The Balaban J connectivity index is 1.63. The standard InChI is InChI=1S/C23H26N6O6S2/c1-13-19(21(32)33)36-23(25-13)28-22-26-17-8-10-29(18(31)12-30)9-7-16(17)20(27-22)24-11-14-3-5-15(6-4-14)37(2,34)35/h3-6,30H,7-12H2,1-2H3,(H,32,33)(H2,24,25,26,27,28). The van der Waals surface area contributed by atoms with Gasteiger partial charge in [0.2, 0.25) is 11.9 Å². The predicted molar refractivity (Wildman–Crippen MR) is 137 cm³/mol. The van der Waals surface area contributed by atoms with Crippen LogP contribution in [-0.2, 0) is 34.0 Å². The van der Waals surface area contributed by atoms with Gasteiger partial charge in [0, 0.05) is 37.9 Å². The van der Waals surface area contributed by atoms with Crippen molar-refractivity contribution in [3.63, 3.8) is 0 Å². The first-order valence-electron chi connectivity index (χ1n) is 11.3. The van der Waals surface area contributed by atoms with Crippen LogP contribution in [0.4, 0.5) is 16.9 Å². The Labute approximate surface area is 217 Å². The van der Waals surface area contributed by atoms with Gasteiger partial charge in [0.05, 0.1) is 16.3 Å². The number of carboxylic acid groups (broad SMARTS) is 1. The number of hydrogen-bond donors (Lipinski definition) is 4. The topological polar surface area (TPSA) is 175 Å². The van der Waals surface area contributed by atoms with Crippen molar-refractivity contribution in [1.82, 2.24) is 19.9 Å². The van der Waals surface area contributed by atoms with Gasteiger partial charge < -0.3 is 20.4 Å². The maximum atomic E-state index is 12.1. The van der Waals surface area contributed by atoms with E-state index < -0.39 is 22.4 Å². The van der Waals surface area contributed by atoms with E-state index in [1.165, 1.54) is 0 Å². The maximum absolute atomic E-state index is 12.1. The van der Waals surface area contributed by atoms with Crippen LogP contribution in [0.2, 0.25) is 0 Å². The number of amides is 1. The molecule has 0 unspecified atom stereocenters. The Morgan fingerprint density at radius 1 is 1.11 bits per heavy atom. The number of thiazole rings is 1. The van der Waals surface area contributed by atoms with E-state index in [2.05, 4.69) is 25.6 Å². The van der Waals surface area contributed by atoms with E-state index in [-0.39, 0.29) is 21.6 Å². The summed E-state index contributed by atoms with van der Waals surface area (Å²) in [6, 6.07) is 6.53. The fraction of sp³-hybridized carbons (Fsp3) is 0.348. The van der Waals surface area contributed by atoms with Crippen LogP contribution in [0.25, 0.3) is 0 Å². The summed E-state index contributed by atoms with van der Waals surface area (Å²) in [5.74, 6) is -0.672. The molecule has 196 valence electrons. The quantitative estimate of drug-likeness (QED) is 0.323. The number of anilines is 3. The molecule has 0 saturated carbocycles. The average Bonchev–Trinajstić information content (AvgIpc) is 3.08. The van der Waals surface area contributed by atoms with E-state index in [1.807, 2.05) is 0 Å². The summed E-state index contributed by atoms with van der Waals surface area (Å²) >= 11 is 0.979. The molecule has 4 rings (SSSR count). The lowest BCUT2D eigenvalue weighted by atomic mass is 10.1. The van der Waals surface area contributed by atoms with E-state index in [4.69, 9.17) is 0 Å². The Bertz CT molecular complexity index is 1440. The molecular formula is C23H26N6O6S2. The second-order valence-electron chi connectivity index (χ2n) is 8.49. The number of aromatic nitrogens is 3. The van der Waals surface area contributed by atoms with Crippen molar-refractivity contribution < 1.29 is 28.2 Å². The van der Waals surface area contributed by atoms with Crippen molar-refractivity contribution in [3.05, 3.63) is 51.7 Å². The van der Waals surface area contributed by atoms with Gasteiger partial charge >= 0.3 is 5.97 Å². The summed E-state index contributed by atoms with van der Waals surface area (Å²) in [6.45, 7) is 2.17. The minimum Gasteiger partial charge on any atom is -0.477 e. The number of sulfone groups is 1. The number of nitrogens with zero attached hydrogens (tertiary/aromatic N) is 4. The lowest BCUT2D eigenvalue weighted by Crippen LogP contribution is -2.35. The summed E-state index contributed by atoms with van der Waals surface area (Å²) < 4.78 is 23.5. The maximum Gasteiger partial charge on any atom is 0.347 e. The fourth-order valence-corrected chi connectivity index (χ4v) is 5.36. The molecule has 14 heteroatoms. The van der Waals surface area contributed by atoms with Gasteiger partial charge in [-0.25, -0.2) is 23.2 Å². The lowest BCUT2D eigenvalue weighted by Gasteiger charge is -2.18. The molecule has 1 aliphatic rings. The van der Waals surface area contributed by atoms with Crippen molar-refractivity contribution in [2.24, 2.45) is 0 Å². The zero-order chi connectivity index (χ0) is 26.7. The molecule has 4 N–H and O–H groups in total. The van der Waals surface area contributed by atoms with Gasteiger partial charge in [-0.15, -0.1) is 0 Å². The molecule has 0 radical (unpaired) electrons. The summed E-state index contributed by atoms with van der Waals surface area (Å²) in [6.07, 6.45) is 2.06. The summed E-state index contributed by atoms with van der Waals surface area (Å²) in [5.41, 5.74) is 2.76. The third-order valence-electron chi connectivity index (χ3n) is 5.85. The minimum atomic E-state index is -3.30. The van der Waals surface area contributed by atoms with Crippen LogP contribution in [0.5, 0.6) is 0 Å². The van der Waals surface area contributed by atoms with Crippen LogP contribution in [0.1, 0.15) is 32.2 Å². The number of aliphatic hydroxyl groups is 1. The van der Waals surface area contributed by atoms with Gasteiger partial charge in [0.25, 0.3) is 0 Å². The fourth-order valence-electron chi connectivity index (χ4n) is 3.94. The van der Waals surface area contributed by atoms with Crippen LogP contribution >= 0.6 is 11.3 Å². The second kappa shape index (κ2) is 10.8. The number of hydrogen-bond acceptors (Lipinski definition) is 11. The third-order valence-corrected chi connectivity index (χ3v) is 8.04. The number of nitrogens with one attached hydrogen (secondary N) is 2. The molecular weight excluding hydrogens is 520 g/mol. The van der Waals surface area contributed by atoms with Gasteiger partial charge in [-0.05, 0) is 31.0 Å². The highest BCUT2D eigenvalue weighted by Gasteiger charge is 2.23. The molecule has 1 aliphatic heterocycles. The molecule has 12 nitrogen and oxygen atoms in total. The molecule has 2 aromatic heterocycles. The van der Waals surface area contributed by atoms with Crippen molar-refractivity contribution in [2.45, 2.75) is 31.2 Å². The zero-order valence-corrected chi connectivity index (χ0v) is 21.8. The molecule has 0 saturated heterocycles. The largest absolute Gasteiger partial charge is 0.477 e. The van der Waals surface area contributed by atoms with Crippen molar-refractivity contribution in [3.8, 4) is 0 Å². The number of carbonyl (C=O) groups is 2. The summed E-state index contributed by atoms with van der Waals surface area (Å²) in [4.78, 5) is 38.9. The van der Waals surface area contributed by atoms with E-state index in [1.54, 1.807) is 36.1 Å². The molecule has 1 amide bonds. The molecule has 3 aromatic rings. The molecule has 3 heterocycles. The van der Waals surface area contributed by atoms with Gasteiger partial charge in [-0.1, -0.05) is 23.5 Å². The van der Waals surface area contributed by atoms with Crippen LogP contribution in [-0.4, -0.2) is 76.3 Å². The normalized spacial score (nSPS) is 13.5. The number of fused-ring (bicyclic) bond motifs is 1. The van der Waals surface area contributed by atoms with E-state index in [0.717, 1.165) is 28.7 Å². The first-order valence-corrected chi connectivity index (χ1v) is 14.0.